The Bertz CT molecular complexity index is 324. The number of rotatable bonds is 10. The van der Waals surface area contributed by atoms with Crippen molar-refractivity contribution in [3.8, 4) is 5.75 Å². The van der Waals surface area contributed by atoms with Gasteiger partial charge in [0.15, 0.2) is 0 Å². The summed E-state index contributed by atoms with van der Waals surface area (Å²) in [5, 5.41) is 3.25. The molecular weight excluding hydrogens is 238 g/mol. The van der Waals surface area contributed by atoms with Crippen molar-refractivity contribution in [3.05, 3.63) is 29.8 Å². The van der Waals surface area contributed by atoms with Crippen LogP contribution in [-0.2, 0) is 11.2 Å². The zero-order valence-corrected chi connectivity index (χ0v) is 12.4. The average Bonchev–Trinajstić information content (AvgIpc) is 2.45. The third-order valence-electron chi connectivity index (χ3n) is 3.31. The molecule has 0 aliphatic carbocycles. The molecule has 1 atom stereocenters. The fourth-order valence-electron chi connectivity index (χ4n) is 1.86. The quantitative estimate of drug-likeness (QED) is 0.660. The topological polar surface area (TPSA) is 30.5 Å². The lowest BCUT2D eigenvalue weighted by atomic mass is 10.1. The third-order valence-corrected chi connectivity index (χ3v) is 3.31. The molecule has 0 heterocycles. The Morgan fingerprint density at radius 3 is 2.47 bits per heavy atom. The first-order valence-electron chi connectivity index (χ1n) is 7.14. The first kappa shape index (κ1) is 16.0. The molecule has 0 amide bonds. The Labute approximate surface area is 117 Å². The van der Waals surface area contributed by atoms with Crippen molar-refractivity contribution in [3.63, 3.8) is 0 Å². The highest BCUT2D eigenvalue weighted by atomic mass is 16.5. The minimum atomic E-state index is 0.597. The fraction of sp³-hybridized carbons (Fsp3) is 0.625. The molecule has 3 nitrogen and oxygen atoms in total. The standard InChI is InChI=1S/C16H27NO2/c1-14(17-2)6-4-5-12-19-16-9-7-15(8-10-16)11-13-18-3/h7-10,14,17H,4-6,11-13H2,1-3H3. The zero-order valence-electron chi connectivity index (χ0n) is 12.4. The van der Waals surface area contributed by atoms with E-state index < -0.39 is 0 Å². The number of ether oxygens (including phenoxy) is 2. The fourth-order valence-corrected chi connectivity index (χ4v) is 1.86. The van der Waals surface area contributed by atoms with Crippen molar-refractivity contribution in [2.24, 2.45) is 0 Å². The predicted molar refractivity (Wildman–Crippen MR) is 79.9 cm³/mol. The Balaban J connectivity index is 2.15. The molecule has 1 unspecified atom stereocenters. The Kier molecular flexibility index (Phi) is 8.26. The molecule has 108 valence electrons. The number of hydrogen-bond donors (Lipinski definition) is 1. The highest BCUT2D eigenvalue weighted by molar-refractivity contribution is 5.27. The monoisotopic (exact) mass is 265 g/mol. The van der Waals surface area contributed by atoms with Crippen LogP contribution in [0.4, 0.5) is 0 Å². The van der Waals surface area contributed by atoms with Crippen molar-refractivity contribution in [1.82, 2.24) is 5.32 Å². The van der Waals surface area contributed by atoms with Crippen LogP contribution in [0.3, 0.4) is 0 Å². The van der Waals surface area contributed by atoms with E-state index in [4.69, 9.17) is 9.47 Å². The van der Waals surface area contributed by atoms with Crippen LogP contribution in [0, 0.1) is 0 Å². The van der Waals surface area contributed by atoms with Crippen LogP contribution in [0.5, 0.6) is 5.75 Å². The molecular formula is C16H27NO2. The lowest BCUT2D eigenvalue weighted by Crippen LogP contribution is -2.20. The highest BCUT2D eigenvalue weighted by Gasteiger charge is 1.99. The number of methoxy groups -OCH3 is 1. The molecule has 0 aliphatic rings. The molecule has 1 N–H and O–H groups in total. The Hall–Kier alpha value is -1.06. The van der Waals surface area contributed by atoms with Gasteiger partial charge in [-0.1, -0.05) is 12.1 Å². The molecule has 0 bridgehead atoms. The third kappa shape index (κ3) is 7.19. The predicted octanol–water partition coefficient (Wildman–Crippen LogP) is 3.03. The first-order valence-corrected chi connectivity index (χ1v) is 7.14. The summed E-state index contributed by atoms with van der Waals surface area (Å²) in [7, 11) is 3.73. The second-order valence-corrected chi connectivity index (χ2v) is 4.92. The van der Waals surface area contributed by atoms with E-state index in [1.807, 2.05) is 19.2 Å². The highest BCUT2D eigenvalue weighted by Crippen LogP contribution is 2.13. The smallest absolute Gasteiger partial charge is 0.119 e. The van der Waals surface area contributed by atoms with E-state index in [1.165, 1.54) is 18.4 Å². The molecule has 0 radical (unpaired) electrons. The summed E-state index contributed by atoms with van der Waals surface area (Å²) in [5.74, 6) is 0.961. The summed E-state index contributed by atoms with van der Waals surface area (Å²) >= 11 is 0. The molecule has 0 aromatic heterocycles. The number of nitrogens with one attached hydrogen (secondary N) is 1. The largest absolute Gasteiger partial charge is 0.494 e. The van der Waals surface area contributed by atoms with Gasteiger partial charge in [0.2, 0.25) is 0 Å². The van der Waals surface area contributed by atoms with Gasteiger partial charge in [0.05, 0.1) is 13.2 Å². The molecule has 19 heavy (non-hydrogen) atoms. The second kappa shape index (κ2) is 9.82. The van der Waals surface area contributed by atoms with E-state index in [2.05, 4.69) is 24.4 Å². The van der Waals surface area contributed by atoms with Crippen LogP contribution in [-0.4, -0.2) is 33.4 Å². The van der Waals surface area contributed by atoms with Gasteiger partial charge >= 0.3 is 0 Å². The molecule has 0 aliphatic heterocycles. The van der Waals surface area contributed by atoms with Gasteiger partial charge in [-0.2, -0.15) is 0 Å². The number of unbranched alkanes of at least 4 members (excludes halogenated alkanes) is 1. The lowest BCUT2D eigenvalue weighted by molar-refractivity contribution is 0.202. The maximum atomic E-state index is 5.73. The van der Waals surface area contributed by atoms with Crippen LogP contribution in [0.2, 0.25) is 0 Å². The van der Waals surface area contributed by atoms with E-state index in [9.17, 15) is 0 Å². The Morgan fingerprint density at radius 2 is 1.84 bits per heavy atom. The van der Waals surface area contributed by atoms with Crippen molar-refractivity contribution >= 4 is 0 Å². The minimum Gasteiger partial charge on any atom is -0.494 e. The normalized spacial score (nSPS) is 12.4. The summed E-state index contributed by atoms with van der Waals surface area (Å²) in [6.45, 7) is 3.78. The summed E-state index contributed by atoms with van der Waals surface area (Å²) in [4.78, 5) is 0. The second-order valence-electron chi connectivity index (χ2n) is 4.92. The molecule has 1 aromatic carbocycles. The van der Waals surface area contributed by atoms with E-state index in [0.29, 0.717) is 6.04 Å². The van der Waals surface area contributed by atoms with Gasteiger partial charge in [-0.3, -0.25) is 0 Å². The van der Waals surface area contributed by atoms with Crippen LogP contribution in [0.25, 0.3) is 0 Å². The molecule has 0 saturated heterocycles. The zero-order chi connectivity index (χ0) is 13.9. The van der Waals surface area contributed by atoms with Gasteiger partial charge in [-0.15, -0.1) is 0 Å². The van der Waals surface area contributed by atoms with Crippen LogP contribution >= 0.6 is 0 Å². The number of hydrogen-bond acceptors (Lipinski definition) is 3. The van der Waals surface area contributed by atoms with Crippen molar-refractivity contribution in [2.45, 2.75) is 38.6 Å². The van der Waals surface area contributed by atoms with Gasteiger partial charge in [0.25, 0.3) is 0 Å². The van der Waals surface area contributed by atoms with Crippen LogP contribution in [0.1, 0.15) is 31.7 Å². The SMILES string of the molecule is CNC(C)CCCCOc1ccc(CCOC)cc1. The van der Waals surface area contributed by atoms with Gasteiger partial charge in [0.1, 0.15) is 5.75 Å². The Morgan fingerprint density at radius 1 is 1.11 bits per heavy atom. The van der Waals surface area contributed by atoms with E-state index in [1.54, 1.807) is 7.11 Å². The van der Waals surface area contributed by atoms with Gasteiger partial charge in [0, 0.05) is 13.2 Å². The van der Waals surface area contributed by atoms with Gasteiger partial charge < -0.3 is 14.8 Å². The summed E-state index contributed by atoms with van der Waals surface area (Å²) < 4.78 is 10.8. The minimum absolute atomic E-state index is 0.597. The summed E-state index contributed by atoms with van der Waals surface area (Å²) in [6, 6.07) is 8.90. The molecule has 0 spiro atoms. The first-order chi connectivity index (χ1) is 9.26. The number of benzene rings is 1. The molecule has 0 saturated carbocycles. The van der Waals surface area contributed by atoms with E-state index in [0.717, 1.165) is 31.8 Å². The van der Waals surface area contributed by atoms with Crippen LogP contribution < -0.4 is 10.1 Å². The van der Waals surface area contributed by atoms with E-state index in [-0.39, 0.29) is 0 Å². The van der Waals surface area contributed by atoms with Crippen molar-refractivity contribution in [1.29, 1.82) is 0 Å². The van der Waals surface area contributed by atoms with Crippen molar-refractivity contribution < 1.29 is 9.47 Å². The molecule has 0 fully saturated rings. The van der Waals surface area contributed by atoms with Crippen LogP contribution in [0.15, 0.2) is 24.3 Å². The van der Waals surface area contributed by atoms with Gasteiger partial charge in [-0.05, 0) is 57.4 Å². The maximum Gasteiger partial charge on any atom is 0.119 e. The molecule has 3 heteroatoms. The van der Waals surface area contributed by atoms with Gasteiger partial charge in [-0.25, -0.2) is 0 Å². The molecule has 1 aromatic rings. The lowest BCUT2D eigenvalue weighted by Gasteiger charge is -2.10. The summed E-state index contributed by atoms with van der Waals surface area (Å²) in [5.41, 5.74) is 1.29. The maximum absolute atomic E-state index is 5.73. The van der Waals surface area contributed by atoms with Crippen molar-refractivity contribution in [2.75, 3.05) is 27.4 Å². The average molecular weight is 265 g/mol. The van der Waals surface area contributed by atoms with E-state index >= 15 is 0 Å². The summed E-state index contributed by atoms with van der Waals surface area (Å²) in [6.07, 6.45) is 4.47. The molecule has 1 rings (SSSR count).